The molecule has 0 unspecified atom stereocenters. The third-order valence-corrected chi connectivity index (χ3v) is 4.71. The summed E-state index contributed by atoms with van der Waals surface area (Å²) in [5.41, 5.74) is 2.08. The predicted molar refractivity (Wildman–Crippen MR) is 103 cm³/mol. The number of hydrogen-bond acceptors (Lipinski definition) is 4. The number of hydrogen-bond donors (Lipinski definition) is 1. The summed E-state index contributed by atoms with van der Waals surface area (Å²) in [6, 6.07) is 7.82. The third-order valence-electron chi connectivity index (χ3n) is 4.39. The van der Waals surface area contributed by atoms with Gasteiger partial charge in [-0.2, -0.15) is 0 Å². The number of halogens is 1. The summed E-state index contributed by atoms with van der Waals surface area (Å²) in [6.45, 7) is 11.1. The van der Waals surface area contributed by atoms with Crippen LogP contribution in [0.4, 0.5) is 0 Å². The molecule has 25 heavy (non-hydrogen) atoms. The number of rotatable bonds is 11. The van der Waals surface area contributed by atoms with E-state index in [0.29, 0.717) is 19.6 Å². The van der Waals surface area contributed by atoms with Crippen LogP contribution in [0.15, 0.2) is 47.5 Å². The quantitative estimate of drug-likeness (QED) is 0.438. The lowest BCUT2D eigenvalue weighted by molar-refractivity contribution is 0.0936. The summed E-state index contributed by atoms with van der Waals surface area (Å²) in [5, 5.41) is 10.3. The molecule has 1 saturated heterocycles. The fraction of sp³-hybridized carbons (Fsp3) is 0.500. The smallest absolute Gasteiger partial charge is 0.118 e. The lowest BCUT2D eigenvalue weighted by Gasteiger charge is -2.17. The van der Waals surface area contributed by atoms with Crippen molar-refractivity contribution in [1.82, 2.24) is 0 Å². The summed E-state index contributed by atoms with van der Waals surface area (Å²) in [7, 11) is 1.65. The Morgan fingerprint density at radius 2 is 2.00 bits per heavy atom. The molecule has 1 fully saturated rings. The lowest BCUT2D eigenvalue weighted by atomic mass is 9.95. The van der Waals surface area contributed by atoms with Crippen LogP contribution >= 0.6 is 15.9 Å². The second kappa shape index (κ2) is 9.53. The molecule has 0 saturated carbocycles. The topological polar surface area (TPSA) is 51.2 Å². The number of methoxy groups -OCH3 is 1. The Morgan fingerprint density at radius 3 is 2.60 bits per heavy atom. The molecular weight excluding hydrogens is 384 g/mol. The molecule has 1 aromatic rings. The average Bonchev–Trinajstić information content (AvgIpc) is 3.33. The fourth-order valence-corrected chi connectivity index (χ4v) is 2.98. The van der Waals surface area contributed by atoms with Crippen LogP contribution in [-0.2, 0) is 16.1 Å². The van der Waals surface area contributed by atoms with Crippen molar-refractivity contribution in [3.63, 3.8) is 0 Å². The van der Waals surface area contributed by atoms with Gasteiger partial charge in [0, 0.05) is 12.3 Å². The molecule has 0 aromatic heterocycles. The van der Waals surface area contributed by atoms with Crippen molar-refractivity contribution < 1.29 is 19.3 Å². The van der Waals surface area contributed by atoms with Crippen molar-refractivity contribution in [2.75, 3.05) is 13.7 Å². The van der Waals surface area contributed by atoms with Crippen molar-refractivity contribution >= 4 is 15.9 Å². The minimum absolute atomic E-state index is 0.0660. The maximum absolute atomic E-state index is 10.3. The van der Waals surface area contributed by atoms with Gasteiger partial charge < -0.3 is 19.3 Å². The van der Waals surface area contributed by atoms with E-state index in [1.165, 1.54) is 0 Å². The van der Waals surface area contributed by atoms with E-state index in [9.17, 15) is 5.11 Å². The molecule has 0 bridgehead atoms. The highest BCUT2D eigenvalue weighted by atomic mass is 79.9. The van der Waals surface area contributed by atoms with Gasteiger partial charge in [-0.15, -0.1) is 0 Å². The normalized spacial score (nSPS) is 21.4. The van der Waals surface area contributed by atoms with E-state index in [1.54, 1.807) is 7.11 Å². The van der Waals surface area contributed by atoms with Gasteiger partial charge in [0.1, 0.15) is 11.9 Å². The van der Waals surface area contributed by atoms with Crippen molar-refractivity contribution in [3.8, 4) is 5.75 Å². The van der Waals surface area contributed by atoms with Gasteiger partial charge >= 0.3 is 0 Å². The minimum atomic E-state index is -0.520. The van der Waals surface area contributed by atoms with E-state index in [0.717, 1.165) is 27.8 Å². The van der Waals surface area contributed by atoms with Crippen LogP contribution in [-0.4, -0.2) is 37.1 Å². The predicted octanol–water partition coefficient (Wildman–Crippen LogP) is 4.22. The molecule has 1 aliphatic rings. The van der Waals surface area contributed by atoms with Gasteiger partial charge in [-0.1, -0.05) is 53.7 Å². The van der Waals surface area contributed by atoms with E-state index in [1.807, 2.05) is 24.3 Å². The largest absolute Gasteiger partial charge is 0.497 e. The number of epoxide rings is 1. The van der Waals surface area contributed by atoms with Crippen LogP contribution < -0.4 is 4.74 Å². The Balaban J connectivity index is 1.67. The van der Waals surface area contributed by atoms with Crippen LogP contribution in [0.1, 0.15) is 25.3 Å². The van der Waals surface area contributed by atoms with E-state index in [-0.39, 0.29) is 18.1 Å². The van der Waals surface area contributed by atoms with Crippen LogP contribution in [0.2, 0.25) is 0 Å². The molecule has 1 aliphatic heterocycles. The monoisotopic (exact) mass is 410 g/mol. The second-order valence-corrected chi connectivity index (χ2v) is 7.68. The summed E-state index contributed by atoms with van der Waals surface area (Å²) < 4.78 is 17.3. The van der Waals surface area contributed by atoms with Gasteiger partial charge in [0.2, 0.25) is 0 Å². The number of ether oxygens (including phenoxy) is 3. The maximum Gasteiger partial charge on any atom is 0.118 e. The minimum Gasteiger partial charge on any atom is -0.497 e. The first kappa shape index (κ1) is 20.2. The van der Waals surface area contributed by atoms with Gasteiger partial charge in [-0.05, 0) is 28.6 Å². The third kappa shape index (κ3) is 6.59. The van der Waals surface area contributed by atoms with Crippen molar-refractivity contribution in [1.29, 1.82) is 0 Å². The molecule has 0 aliphatic carbocycles. The Kier molecular flexibility index (Phi) is 7.69. The highest BCUT2D eigenvalue weighted by Crippen LogP contribution is 2.34. The molecule has 4 atom stereocenters. The molecule has 4 nitrogen and oxygen atoms in total. The highest BCUT2D eigenvalue weighted by Gasteiger charge is 2.44. The average molecular weight is 411 g/mol. The molecule has 1 heterocycles. The summed E-state index contributed by atoms with van der Waals surface area (Å²) in [6.07, 6.45) is 0.695. The van der Waals surface area contributed by atoms with Crippen LogP contribution in [0.5, 0.6) is 5.75 Å². The van der Waals surface area contributed by atoms with Crippen LogP contribution in [0.3, 0.4) is 0 Å². The van der Waals surface area contributed by atoms with Crippen LogP contribution in [0, 0.1) is 5.92 Å². The van der Waals surface area contributed by atoms with E-state index in [2.05, 4.69) is 36.0 Å². The SMILES string of the molecule is C=C(Br)C[C@@H]1O[C@H]1[C@@H](O)CC(=C)[C@@H](C)COCc1ccc(OC)cc1. The lowest BCUT2D eigenvalue weighted by Crippen LogP contribution is -2.20. The second-order valence-electron chi connectivity index (χ2n) is 6.55. The summed E-state index contributed by atoms with van der Waals surface area (Å²) >= 11 is 3.32. The van der Waals surface area contributed by atoms with E-state index < -0.39 is 6.10 Å². The zero-order valence-electron chi connectivity index (χ0n) is 14.9. The Morgan fingerprint density at radius 1 is 1.32 bits per heavy atom. The first-order valence-corrected chi connectivity index (χ1v) is 9.25. The first-order valence-electron chi connectivity index (χ1n) is 8.45. The molecule has 2 rings (SSSR count). The molecule has 1 aromatic carbocycles. The molecule has 1 N–H and O–H groups in total. The highest BCUT2D eigenvalue weighted by molar-refractivity contribution is 9.11. The Bertz CT molecular complexity index is 584. The number of aliphatic hydroxyl groups excluding tert-OH is 1. The van der Waals surface area contributed by atoms with Crippen molar-refractivity contribution in [2.45, 2.75) is 44.7 Å². The zero-order valence-corrected chi connectivity index (χ0v) is 16.5. The van der Waals surface area contributed by atoms with Gasteiger partial charge in [-0.3, -0.25) is 0 Å². The summed E-state index contributed by atoms with van der Waals surface area (Å²) in [5.74, 6) is 1.01. The van der Waals surface area contributed by atoms with E-state index in [4.69, 9.17) is 14.2 Å². The van der Waals surface area contributed by atoms with Gasteiger partial charge in [0.05, 0.1) is 32.5 Å². The Labute approximate surface area is 158 Å². The summed E-state index contributed by atoms with van der Waals surface area (Å²) in [4.78, 5) is 0. The van der Waals surface area contributed by atoms with Gasteiger partial charge in [0.25, 0.3) is 0 Å². The van der Waals surface area contributed by atoms with Gasteiger partial charge in [-0.25, -0.2) is 0 Å². The first-order chi connectivity index (χ1) is 11.9. The fourth-order valence-electron chi connectivity index (χ4n) is 2.66. The van der Waals surface area contributed by atoms with Gasteiger partial charge in [0.15, 0.2) is 0 Å². The van der Waals surface area contributed by atoms with Crippen LogP contribution in [0.25, 0.3) is 0 Å². The molecule has 138 valence electrons. The van der Waals surface area contributed by atoms with Crippen molar-refractivity contribution in [2.24, 2.45) is 5.92 Å². The number of benzene rings is 1. The maximum atomic E-state index is 10.3. The van der Waals surface area contributed by atoms with E-state index >= 15 is 0 Å². The number of aliphatic hydroxyl groups is 1. The Hall–Kier alpha value is -1.14. The molecule has 5 heteroatoms. The standard InChI is InChI=1S/C20H27BrO4/c1-13(9-18(22)20-19(25-20)10-15(3)21)14(2)11-24-12-16-5-7-17(23-4)8-6-16/h5-8,14,18-20,22H,1,3,9-12H2,2,4H3/t14-,18-,19-,20-/m0/s1. The molecular formula is C20H27BrO4. The molecule has 0 amide bonds. The molecule has 0 radical (unpaired) electrons. The van der Waals surface area contributed by atoms with Crippen molar-refractivity contribution in [3.05, 3.63) is 53.0 Å². The molecule has 0 spiro atoms. The zero-order chi connectivity index (χ0) is 18.4.